The minimum absolute atomic E-state index is 0.0475. The molecule has 4 nitrogen and oxygen atoms in total. The fourth-order valence-corrected chi connectivity index (χ4v) is 5.83. The van der Waals surface area contributed by atoms with Crippen molar-refractivity contribution in [2.75, 3.05) is 32.0 Å². The fraction of sp³-hybridized carbons (Fsp3) is 0.536. The van der Waals surface area contributed by atoms with Gasteiger partial charge in [-0.3, -0.25) is 0 Å². The molecular formula is C28H38N4. The fourth-order valence-electron chi connectivity index (χ4n) is 5.83. The molecule has 32 heavy (non-hydrogen) atoms. The molecule has 1 aromatic heterocycles. The molecule has 1 aliphatic heterocycles. The maximum absolute atomic E-state index is 5.10. The van der Waals surface area contributed by atoms with Crippen molar-refractivity contribution in [3.63, 3.8) is 0 Å². The van der Waals surface area contributed by atoms with Gasteiger partial charge in [-0.05, 0) is 79.5 Å². The molecule has 5 rings (SSSR count). The molecule has 0 spiro atoms. The summed E-state index contributed by atoms with van der Waals surface area (Å²) in [5.41, 5.74) is 8.14. The number of piperidine rings is 1. The monoisotopic (exact) mass is 430 g/mol. The van der Waals surface area contributed by atoms with Gasteiger partial charge in [0.25, 0.3) is 0 Å². The van der Waals surface area contributed by atoms with Gasteiger partial charge < -0.3 is 14.8 Å². The van der Waals surface area contributed by atoms with E-state index in [0.717, 1.165) is 11.4 Å². The zero-order valence-electron chi connectivity index (χ0n) is 20.4. The van der Waals surface area contributed by atoms with Crippen molar-refractivity contribution < 1.29 is 0 Å². The first kappa shape index (κ1) is 21.5. The second-order valence-corrected chi connectivity index (χ2v) is 11.1. The number of hydrogen-bond donors (Lipinski definition) is 1. The Morgan fingerprint density at radius 1 is 1.00 bits per heavy atom. The zero-order valence-corrected chi connectivity index (χ0v) is 20.4. The Bertz CT molecular complexity index is 1110. The molecule has 1 fully saturated rings. The quantitative estimate of drug-likeness (QED) is 0.573. The van der Waals surface area contributed by atoms with Crippen LogP contribution >= 0.6 is 0 Å². The molecule has 2 aromatic carbocycles. The molecule has 3 aromatic rings. The number of nitrogens with zero attached hydrogens (tertiary/aromatic N) is 3. The van der Waals surface area contributed by atoms with Crippen molar-refractivity contribution in [2.45, 2.75) is 64.8 Å². The number of fused-ring (bicyclic) bond motifs is 2. The van der Waals surface area contributed by atoms with Crippen LogP contribution in [-0.4, -0.2) is 41.1 Å². The topological polar surface area (TPSA) is 33.1 Å². The summed E-state index contributed by atoms with van der Waals surface area (Å²) in [6.07, 6.45) is 4.89. The third-order valence-electron chi connectivity index (χ3n) is 7.47. The van der Waals surface area contributed by atoms with E-state index in [2.05, 4.69) is 78.9 Å². The van der Waals surface area contributed by atoms with Gasteiger partial charge in [0.1, 0.15) is 5.82 Å². The van der Waals surface area contributed by atoms with E-state index < -0.39 is 0 Å². The number of likely N-dealkylation sites (tertiary alicyclic amines) is 1. The molecule has 0 radical (unpaired) electrons. The summed E-state index contributed by atoms with van der Waals surface area (Å²) in [5.74, 6) is 2.00. The highest BCUT2D eigenvalue weighted by Gasteiger charge is 2.31. The molecule has 1 unspecified atom stereocenters. The van der Waals surface area contributed by atoms with E-state index in [-0.39, 0.29) is 5.41 Å². The van der Waals surface area contributed by atoms with Gasteiger partial charge in [-0.1, -0.05) is 32.9 Å². The number of hydrogen-bond acceptors (Lipinski definition) is 3. The van der Waals surface area contributed by atoms with Crippen molar-refractivity contribution in [2.24, 2.45) is 5.92 Å². The molecule has 170 valence electrons. The summed E-state index contributed by atoms with van der Waals surface area (Å²) in [4.78, 5) is 7.82. The average molecular weight is 431 g/mol. The average Bonchev–Trinajstić information content (AvgIpc) is 3.34. The second kappa shape index (κ2) is 8.22. The summed E-state index contributed by atoms with van der Waals surface area (Å²) in [6, 6.07) is 14.2. The van der Waals surface area contributed by atoms with Crippen LogP contribution in [0.3, 0.4) is 0 Å². The predicted octanol–water partition coefficient (Wildman–Crippen LogP) is 5.74. The number of rotatable bonds is 4. The lowest BCUT2D eigenvalue weighted by atomic mass is 9.94. The van der Waals surface area contributed by atoms with Gasteiger partial charge in [-0.25, -0.2) is 4.98 Å². The first-order valence-electron chi connectivity index (χ1n) is 12.3. The van der Waals surface area contributed by atoms with Gasteiger partial charge in [-0.2, -0.15) is 0 Å². The Morgan fingerprint density at radius 2 is 1.75 bits per heavy atom. The lowest BCUT2D eigenvalue weighted by molar-refractivity contribution is 0.163. The summed E-state index contributed by atoms with van der Waals surface area (Å²) < 4.78 is 2.58. The third kappa shape index (κ3) is 4.05. The number of aryl methyl sites for hydroxylation is 1. The number of nitrogens with one attached hydrogen (secondary N) is 1. The normalized spacial score (nSPS) is 20.1. The molecule has 1 atom stereocenters. The van der Waals surface area contributed by atoms with E-state index in [1.54, 1.807) is 11.1 Å². The number of benzene rings is 2. The number of imidazole rings is 1. The van der Waals surface area contributed by atoms with Crippen LogP contribution in [0.5, 0.6) is 0 Å². The van der Waals surface area contributed by atoms with Gasteiger partial charge >= 0.3 is 0 Å². The molecule has 2 heterocycles. The smallest absolute Gasteiger partial charge is 0.115 e. The highest BCUT2D eigenvalue weighted by Crippen LogP contribution is 2.35. The first-order chi connectivity index (χ1) is 15.3. The van der Waals surface area contributed by atoms with Gasteiger partial charge in [0.2, 0.25) is 0 Å². The molecular weight excluding hydrogens is 392 g/mol. The van der Waals surface area contributed by atoms with Gasteiger partial charge in [0.15, 0.2) is 0 Å². The van der Waals surface area contributed by atoms with E-state index >= 15 is 0 Å². The lowest BCUT2D eigenvalue weighted by Crippen LogP contribution is -2.38. The van der Waals surface area contributed by atoms with Crippen molar-refractivity contribution in [3.05, 3.63) is 58.9 Å². The van der Waals surface area contributed by atoms with Crippen LogP contribution in [0.1, 0.15) is 62.2 Å². The second-order valence-electron chi connectivity index (χ2n) is 11.1. The Hall–Kier alpha value is -2.33. The Kier molecular flexibility index (Phi) is 5.53. The Labute approximate surface area is 193 Å². The van der Waals surface area contributed by atoms with Crippen LogP contribution in [0.25, 0.3) is 11.0 Å². The Balaban J connectivity index is 1.28. The van der Waals surface area contributed by atoms with Crippen molar-refractivity contribution in [1.29, 1.82) is 0 Å². The van der Waals surface area contributed by atoms with Gasteiger partial charge in [0.05, 0.1) is 11.0 Å². The molecule has 0 amide bonds. The van der Waals surface area contributed by atoms with Crippen LogP contribution in [-0.2, 0) is 18.3 Å². The highest BCUT2D eigenvalue weighted by molar-refractivity contribution is 5.77. The molecule has 1 saturated heterocycles. The minimum atomic E-state index is 0.0475. The van der Waals surface area contributed by atoms with Crippen LogP contribution in [0.4, 0.5) is 5.69 Å². The minimum Gasteiger partial charge on any atom is -0.388 e. The van der Waals surface area contributed by atoms with Crippen LogP contribution < -0.4 is 5.32 Å². The van der Waals surface area contributed by atoms with E-state index in [0.29, 0.717) is 6.04 Å². The maximum Gasteiger partial charge on any atom is 0.115 e. The molecule has 0 saturated carbocycles. The van der Waals surface area contributed by atoms with E-state index in [9.17, 15) is 0 Å². The van der Waals surface area contributed by atoms with Crippen LogP contribution in [0.15, 0.2) is 36.4 Å². The standard InChI is InChI=1S/C28H38N4/c1-19-6-9-26-25(14-19)30-27(28(2,3)4)32(26)24-10-12-31(13-11-24)18-20-15-21-7-8-23(29-5)17-22(21)16-20/h6-9,14,17,20,24,29H,10-13,15-16,18H2,1-5H3. The SMILES string of the molecule is CNc1ccc2c(c1)CC(CN1CCC(n3c(C(C)(C)C)nc4cc(C)ccc43)CC1)C2. The summed E-state index contributed by atoms with van der Waals surface area (Å²) in [6.45, 7) is 12.7. The molecule has 4 heteroatoms. The molecule has 1 N–H and O–H groups in total. The van der Waals surface area contributed by atoms with E-state index in [4.69, 9.17) is 4.98 Å². The van der Waals surface area contributed by atoms with Crippen molar-refractivity contribution >= 4 is 16.7 Å². The van der Waals surface area contributed by atoms with Crippen LogP contribution in [0.2, 0.25) is 0 Å². The molecule has 0 bridgehead atoms. The highest BCUT2D eigenvalue weighted by atomic mass is 15.2. The van der Waals surface area contributed by atoms with Crippen molar-refractivity contribution in [1.82, 2.24) is 14.5 Å². The first-order valence-corrected chi connectivity index (χ1v) is 12.3. The largest absolute Gasteiger partial charge is 0.388 e. The maximum atomic E-state index is 5.10. The van der Waals surface area contributed by atoms with Gasteiger partial charge in [-0.15, -0.1) is 0 Å². The van der Waals surface area contributed by atoms with Gasteiger partial charge in [0, 0.05) is 43.8 Å². The molecule has 2 aliphatic rings. The van der Waals surface area contributed by atoms with E-state index in [1.165, 1.54) is 67.9 Å². The third-order valence-corrected chi connectivity index (χ3v) is 7.47. The summed E-state index contributed by atoms with van der Waals surface area (Å²) in [7, 11) is 2.01. The van der Waals surface area contributed by atoms with Crippen molar-refractivity contribution in [3.8, 4) is 0 Å². The number of anilines is 1. The zero-order chi connectivity index (χ0) is 22.5. The molecule has 1 aliphatic carbocycles. The summed E-state index contributed by atoms with van der Waals surface area (Å²) >= 11 is 0. The lowest BCUT2D eigenvalue weighted by Gasteiger charge is -2.36. The van der Waals surface area contributed by atoms with Crippen LogP contribution in [0, 0.1) is 12.8 Å². The Morgan fingerprint density at radius 3 is 2.47 bits per heavy atom. The van der Waals surface area contributed by atoms with E-state index in [1.807, 2.05) is 7.05 Å². The predicted molar refractivity (Wildman–Crippen MR) is 135 cm³/mol. The summed E-state index contributed by atoms with van der Waals surface area (Å²) in [5, 5.41) is 3.28. The number of aromatic nitrogens is 2.